The summed E-state index contributed by atoms with van der Waals surface area (Å²) >= 11 is 0. The van der Waals surface area contributed by atoms with Crippen molar-refractivity contribution in [2.24, 2.45) is 0 Å². The number of aromatic nitrogens is 2. The Bertz CT molecular complexity index is 265. The van der Waals surface area contributed by atoms with Gasteiger partial charge >= 0.3 is 5.97 Å². The molecule has 0 fully saturated rings. The van der Waals surface area contributed by atoms with Crippen molar-refractivity contribution in [2.45, 2.75) is 6.92 Å². The number of carbonyl (C=O) groups excluding carboxylic acids is 1. The lowest BCUT2D eigenvalue weighted by molar-refractivity contribution is -0.137. The highest BCUT2D eigenvalue weighted by Gasteiger charge is 1.91. The van der Waals surface area contributed by atoms with Crippen molar-refractivity contribution in [2.75, 3.05) is 6.61 Å². The summed E-state index contributed by atoms with van der Waals surface area (Å²) in [6.07, 6.45) is 7.90. The van der Waals surface area contributed by atoms with Crippen LogP contribution in [0.1, 0.15) is 6.92 Å². The van der Waals surface area contributed by atoms with Gasteiger partial charge in [-0.1, -0.05) is 0 Å². The van der Waals surface area contributed by atoms with Crippen LogP contribution in [0.2, 0.25) is 0 Å². The van der Waals surface area contributed by atoms with Gasteiger partial charge in [-0.2, -0.15) is 0 Å². The van der Waals surface area contributed by atoms with Gasteiger partial charge in [-0.25, -0.2) is 9.78 Å². The van der Waals surface area contributed by atoms with Crippen LogP contribution < -0.4 is 0 Å². The molecule has 0 aliphatic heterocycles. The third kappa shape index (κ3) is 2.57. The number of hydrogen-bond acceptors (Lipinski definition) is 3. The van der Waals surface area contributed by atoms with Crippen molar-refractivity contribution in [3.63, 3.8) is 0 Å². The van der Waals surface area contributed by atoms with Crippen molar-refractivity contribution >= 4 is 12.2 Å². The first kappa shape index (κ1) is 8.52. The molecule has 4 heteroatoms. The van der Waals surface area contributed by atoms with Gasteiger partial charge in [-0.05, 0) is 6.92 Å². The smallest absolute Gasteiger partial charge is 0.332 e. The van der Waals surface area contributed by atoms with E-state index in [0.717, 1.165) is 0 Å². The molecule has 1 heterocycles. The van der Waals surface area contributed by atoms with Crippen molar-refractivity contribution < 1.29 is 9.53 Å². The molecular weight excluding hydrogens is 156 g/mol. The van der Waals surface area contributed by atoms with Crippen LogP contribution in [-0.4, -0.2) is 22.1 Å². The molecule has 0 radical (unpaired) electrons. The van der Waals surface area contributed by atoms with Gasteiger partial charge in [0.2, 0.25) is 0 Å². The van der Waals surface area contributed by atoms with Crippen molar-refractivity contribution in [1.29, 1.82) is 0 Å². The molecule has 0 aromatic carbocycles. The van der Waals surface area contributed by atoms with E-state index in [-0.39, 0.29) is 5.97 Å². The standard InChI is InChI=1S/C8H10N2O2/c1-2-12-8(11)3-5-10-6-4-9-7-10/h3-7H,2H2,1H3. The van der Waals surface area contributed by atoms with Crippen molar-refractivity contribution in [3.05, 3.63) is 24.8 Å². The van der Waals surface area contributed by atoms with E-state index in [1.165, 1.54) is 6.08 Å². The molecule has 12 heavy (non-hydrogen) atoms. The molecule has 4 nitrogen and oxygen atoms in total. The summed E-state index contributed by atoms with van der Waals surface area (Å²) in [4.78, 5) is 14.6. The second-order valence-electron chi connectivity index (χ2n) is 2.08. The molecule has 64 valence electrons. The molecular formula is C8H10N2O2. The predicted octanol–water partition coefficient (Wildman–Crippen LogP) is 0.917. The Morgan fingerprint density at radius 1 is 1.75 bits per heavy atom. The molecule has 1 aromatic rings. The first-order valence-corrected chi connectivity index (χ1v) is 3.65. The summed E-state index contributed by atoms with van der Waals surface area (Å²) in [7, 11) is 0. The van der Waals surface area contributed by atoms with Crippen LogP contribution in [0.3, 0.4) is 0 Å². The fraction of sp³-hybridized carbons (Fsp3) is 0.250. The zero-order valence-corrected chi connectivity index (χ0v) is 6.80. The van der Waals surface area contributed by atoms with Crippen LogP contribution in [0.4, 0.5) is 0 Å². The molecule has 0 aliphatic rings. The quantitative estimate of drug-likeness (QED) is 0.495. The van der Waals surface area contributed by atoms with Gasteiger partial charge in [0.15, 0.2) is 0 Å². The molecule has 1 rings (SSSR count). The summed E-state index contributed by atoms with van der Waals surface area (Å²) in [5, 5.41) is 0. The van der Waals surface area contributed by atoms with E-state index in [0.29, 0.717) is 6.61 Å². The van der Waals surface area contributed by atoms with E-state index in [9.17, 15) is 4.79 Å². The van der Waals surface area contributed by atoms with Crippen LogP contribution in [-0.2, 0) is 9.53 Å². The highest BCUT2D eigenvalue weighted by molar-refractivity contribution is 5.84. The number of rotatable bonds is 3. The highest BCUT2D eigenvalue weighted by atomic mass is 16.5. The topological polar surface area (TPSA) is 44.1 Å². The minimum atomic E-state index is -0.341. The Morgan fingerprint density at radius 2 is 2.58 bits per heavy atom. The number of imidazole rings is 1. The summed E-state index contributed by atoms with van der Waals surface area (Å²) in [5.41, 5.74) is 0. The molecule has 1 aromatic heterocycles. The molecule has 0 aliphatic carbocycles. The average molecular weight is 166 g/mol. The second-order valence-corrected chi connectivity index (χ2v) is 2.08. The number of ether oxygens (including phenoxy) is 1. The second kappa shape index (κ2) is 4.33. The van der Waals surface area contributed by atoms with Crippen molar-refractivity contribution in [3.8, 4) is 0 Å². The zero-order chi connectivity index (χ0) is 8.81. The summed E-state index contributed by atoms with van der Waals surface area (Å²) in [6, 6.07) is 0. The molecule has 0 amide bonds. The van der Waals surface area contributed by atoms with Gasteiger partial charge in [0.25, 0.3) is 0 Å². The number of carbonyl (C=O) groups is 1. The van der Waals surface area contributed by atoms with Crippen LogP contribution in [0.25, 0.3) is 6.20 Å². The Labute approximate surface area is 70.5 Å². The Hall–Kier alpha value is -1.58. The molecule has 0 saturated heterocycles. The first-order chi connectivity index (χ1) is 5.83. The first-order valence-electron chi connectivity index (χ1n) is 3.65. The van der Waals surface area contributed by atoms with Crippen LogP contribution in [0, 0.1) is 0 Å². The third-order valence-electron chi connectivity index (χ3n) is 1.19. The molecule has 0 atom stereocenters. The fourth-order valence-corrected chi connectivity index (χ4v) is 0.695. The van der Waals surface area contributed by atoms with E-state index >= 15 is 0 Å². The van der Waals surface area contributed by atoms with E-state index in [1.807, 2.05) is 0 Å². The monoisotopic (exact) mass is 166 g/mol. The predicted molar refractivity (Wildman–Crippen MR) is 44.2 cm³/mol. The maximum absolute atomic E-state index is 10.8. The molecule has 0 saturated carbocycles. The van der Waals surface area contributed by atoms with Gasteiger partial charge in [0.1, 0.15) is 0 Å². The highest BCUT2D eigenvalue weighted by Crippen LogP contribution is 1.88. The SMILES string of the molecule is CCOC(=O)C=Cn1ccnc1. The minimum absolute atomic E-state index is 0.341. The molecule has 0 unspecified atom stereocenters. The van der Waals surface area contributed by atoms with E-state index in [1.54, 1.807) is 36.4 Å². The fourth-order valence-electron chi connectivity index (χ4n) is 0.695. The maximum Gasteiger partial charge on any atom is 0.332 e. The Morgan fingerprint density at radius 3 is 3.17 bits per heavy atom. The van der Waals surface area contributed by atoms with Gasteiger partial charge in [0, 0.05) is 24.7 Å². The number of nitrogens with zero attached hydrogens (tertiary/aromatic N) is 2. The molecule has 0 spiro atoms. The summed E-state index contributed by atoms with van der Waals surface area (Å²) < 4.78 is 6.34. The van der Waals surface area contributed by atoms with Crippen molar-refractivity contribution in [1.82, 2.24) is 9.55 Å². The third-order valence-corrected chi connectivity index (χ3v) is 1.19. The maximum atomic E-state index is 10.8. The van der Waals surface area contributed by atoms with E-state index in [4.69, 9.17) is 0 Å². The van der Waals surface area contributed by atoms with E-state index in [2.05, 4.69) is 9.72 Å². The summed E-state index contributed by atoms with van der Waals surface area (Å²) in [5.74, 6) is -0.341. The lowest BCUT2D eigenvalue weighted by Crippen LogP contribution is -1.99. The summed E-state index contributed by atoms with van der Waals surface area (Å²) in [6.45, 7) is 2.16. The lowest BCUT2D eigenvalue weighted by atomic mass is 10.6. The van der Waals surface area contributed by atoms with Gasteiger partial charge < -0.3 is 9.30 Å². The Balaban J connectivity index is 2.45. The van der Waals surface area contributed by atoms with E-state index < -0.39 is 0 Å². The molecule has 0 N–H and O–H groups in total. The van der Waals surface area contributed by atoms with Crippen LogP contribution in [0.5, 0.6) is 0 Å². The van der Waals surface area contributed by atoms with Crippen LogP contribution >= 0.6 is 0 Å². The number of hydrogen-bond donors (Lipinski definition) is 0. The average Bonchev–Trinajstić information content (AvgIpc) is 2.53. The zero-order valence-electron chi connectivity index (χ0n) is 6.80. The largest absolute Gasteiger partial charge is 0.463 e. The van der Waals surface area contributed by atoms with Gasteiger partial charge in [-0.15, -0.1) is 0 Å². The minimum Gasteiger partial charge on any atom is -0.463 e. The van der Waals surface area contributed by atoms with Gasteiger partial charge in [-0.3, -0.25) is 0 Å². The van der Waals surface area contributed by atoms with Crippen LogP contribution in [0.15, 0.2) is 24.8 Å². The number of esters is 1. The lowest BCUT2D eigenvalue weighted by Gasteiger charge is -1.94. The van der Waals surface area contributed by atoms with Gasteiger partial charge in [0.05, 0.1) is 12.9 Å². The molecule has 0 bridgehead atoms. The Kier molecular flexibility index (Phi) is 3.07. The normalized spacial score (nSPS) is 10.4.